The molecule has 3 nitrogen and oxygen atoms in total. The van der Waals surface area contributed by atoms with Crippen LogP contribution in [0.3, 0.4) is 0 Å². The predicted molar refractivity (Wildman–Crippen MR) is 45.8 cm³/mol. The lowest BCUT2D eigenvalue weighted by Gasteiger charge is -1.95. The molecule has 0 saturated carbocycles. The largest absolute Gasteiger partial charge is 0.302 e. The fourth-order valence-electron chi connectivity index (χ4n) is 0.620. The molecule has 1 N–H and O–H groups in total. The van der Waals surface area contributed by atoms with Gasteiger partial charge in [-0.1, -0.05) is 6.92 Å². The van der Waals surface area contributed by atoms with E-state index < -0.39 is 0 Å². The highest BCUT2D eigenvalue weighted by Gasteiger charge is 2.01. The van der Waals surface area contributed by atoms with Gasteiger partial charge in [0.05, 0.1) is 0 Å². The average molecular weight is 170 g/mol. The van der Waals surface area contributed by atoms with Crippen molar-refractivity contribution in [1.82, 2.24) is 4.98 Å². The number of nitrogens with zero attached hydrogens (tertiary/aromatic N) is 1. The van der Waals surface area contributed by atoms with Crippen molar-refractivity contribution in [3.63, 3.8) is 0 Å². The van der Waals surface area contributed by atoms with Crippen molar-refractivity contribution in [2.24, 2.45) is 0 Å². The molecule has 0 aliphatic carbocycles. The highest BCUT2D eigenvalue weighted by molar-refractivity contribution is 7.15. The minimum Gasteiger partial charge on any atom is -0.302 e. The van der Waals surface area contributed by atoms with Crippen molar-refractivity contribution >= 4 is 22.4 Å². The van der Waals surface area contributed by atoms with Crippen LogP contribution in [0.25, 0.3) is 0 Å². The van der Waals surface area contributed by atoms with Crippen LogP contribution in [-0.2, 0) is 4.79 Å². The van der Waals surface area contributed by atoms with Gasteiger partial charge < -0.3 is 5.32 Å². The molecule has 1 aromatic rings. The molecule has 4 heteroatoms. The second kappa shape index (κ2) is 3.48. The number of hydrogen-bond donors (Lipinski definition) is 1. The zero-order valence-corrected chi connectivity index (χ0v) is 7.36. The van der Waals surface area contributed by atoms with Crippen molar-refractivity contribution in [3.05, 3.63) is 11.1 Å². The lowest BCUT2D eigenvalue weighted by atomic mass is 10.5. The van der Waals surface area contributed by atoms with Gasteiger partial charge in [0.15, 0.2) is 5.13 Å². The van der Waals surface area contributed by atoms with E-state index in [1.807, 2.05) is 13.8 Å². The zero-order valence-electron chi connectivity index (χ0n) is 6.55. The van der Waals surface area contributed by atoms with Gasteiger partial charge in [0.2, 0.25) is 5.91 Å². The smallest absolute Gasteiger partial charge is 0.225 e. The van der Waals surface area contributed by atoms with Gasteiger partial charge in [0, 0.05) is 17.5 Å². The second-order valence-electron chi connectivity index (χ2n) is 2.18. The molecule has 0 aromatic carbocycles. The molecule has 0 saturated heterocycles. The van der Waals surface area contributed by atoms with Crippen LogP contribution in [0, 0.1) is 6.92 Å². The molecular weight excluding hydrogens is 160 g/mol. The Labute approximate surface area is 69.5 Å². The summed E-state index contributed by atoms with van der Waals surface area (Å²) in [6.45, 7) is 3.77. The number of hydrogen-bond acceptors (Lipinski definition) is 3. The summed E-state index contributed by atoms with van der Waals surface area (Å²) in [5.74, 6) is 0.0133. The number of nitrogens with one attached hydrogen (secondary N) is 1. The van der Waals surface area contributed by atoms with Crippen molar-refractivity contribution in [2.75, 3.05) is 5.32 Å². The van der Waals surface area contributed by atoms with Crippen molar-refractivity contribution < 1.29 is 4.79 Å². The number of amides is 1. The maximum Gasteiger partial charge on any atom is 0.225 e. The van der Waals surface area contributed by atoms with Crippen LogP contribution in [0.2, 0.25) is 0 Å². The molecule has 60 valence electrons. The Morgan fingerprint density at radius 3 is 3.00 bits per heavy atom. The maximum atomic E-state index is 10.8. The third-order valence-electron chi connectivity index (χ3n) is 1.19. The summed E-state index contributed by atoms with van der Waals surface area (Å²) >= 11 is 1.49. The lowest BCUT2D eigenvalue weighted by Crippen LogP contribution is -2.08. The van der Waals surface area contributed by atoms with E-state index in [2.05, 4.69) is 10.3 Å². The molecule has 0 aliphatic heterocycles. The Morgan fingerprint density at radius 2 is 2.55 bits per heavy atom. The van der Waals surface area contributed by atoms with Crippen molar-refractivity contribution in [2.45, 2.75) is 20.3 Å². The van der Waals surface area contributed by atoms with Gasteiger partial charge in [0.25, 0.3) is 0 Å². The number of thiazole rings is 1. The van der Waals surface area contributed by atoms with Gasteiger partial charge in [-0.3, -0.25) is 4.79 Å². The lowest BCUT2D eigenvalue weighted by molar-refractivity contribution is -0.115. The first-order valence-corrected chi connectivity index (χ1v) is 4.26. The molecule has 0 radical (unpaired) electrons. The van der Waals surface area contributed by atoms with Crippen LogP contribution >= 0.6 is 11.3 Å². The Kier molecular flexibility index (Phi) is 2.59. The maximum absolute atomic E-state index is 10.8. The van der Waals surface area contributed by atoms with E-state index in [1.165, 1.54) is 11.3 Å². The van der Waals surface area contributed by atoms with Gasteiger partial charge >= 0.3 is 0 Å². The first kappa shape index (κ1) is 8.20. The van der Waals surface area contributed by atoms with Crippen LogP contribution in [0.4, 0.5) is 5.13 Å². The molecule has 1 heterocycles. The standard InChI is InChI=1S/C7H10N2OS/c1-3-6(10)9-7-8-4-5(2)11-7/h4H,3H2,1-2H3,(H,8,9,10). The van der Waals surface area contributed by atoms with Crippen LogP contribution in [-0.4, -0.2) is 10.9 Å². The van der Waals surface area contributed by atoms with Crippen LogP contribution in [0.5, 0.6) is 0 Å². The van der Waals surface area contributed by atoms with Gasteiger partial charge in [-0.25, -0.2) is 4.98 Å². The monoisotopic (exact) mass is 170 g/mol. The van der Waals surface area contributed by atoms with Crippen molar-refractivity contribution in [1.29, 1.82) is 0 Å². The molecule has 1 rings (SSSR count). The predicted octanol–water partition coefficient (Wildman–Crippen LogP) is 1.80. The zero-order chi connectivity index (χ0) is 8.27. The molecular formula is C7H10N2OS. The Hall–Kier alpha value is -0.900. The van der Waals surface area contributed by atoms with E-state index in [1.54, 1.807) is 6.20 Å². The highest BCUT2D eigenvalue weighted by Crippen LogP contribution is 2.16. The summed E-state index contributed by atoms with van der Waals surface area (Å²) in [5, 5.41) is 3.37. The number of rotatable bonds is 2. The molecule has 0 unspecified atom stereocenters. The number of anilines is 1. The van der Waals surface area contributed by atoms with E-state index in [9.17, 15) is 4.79 Å². The molecule has 0 spiro atoms. The molecule has 0 aliphatic rings. The Balaban J connectivity index is 2.57. The van der Waals surface area contributed by atoms with E-state index in [-0.39, 0.29) is 5.91 Å². The SMILES string of the molecule is CCC(=O)Nc1ncc(C)s1. The first-order valence-electron chi connectivity index (χ1n) is 3.44. The third-order valence-corrected chi connectivity index (χ3v) is 2.02. The fourth-order valence-corrected chi connectivity index (χ4v) is 1.30. The summed E-state index contributed by atoms with van der Waals surface area (Å²) in [6, 6.07) is 0. The molecule has 0 bridgehead atoms. The summed E-state index contributed by atoms with van der Waals surface area (Å²) < 4.78 is 0. The normalized spacial score (nSPS) is 9.64. The summed E-state index contributed by atoms with van der Waals surface area (Å²) in [4.78, 5) is 15.9. The van der Waals surface area contributed by atoms with E-state index in [0.29, 0.717) is 11.6 Å². The van der Waals surface area contributed by atoms with Gasteiger partial charge in [-0.15, -0.1) is 11.3 Å². The summed E-state index contributed by atoms with van der Waals surface area (Å²) in [6.07, 6.45) is 2.24. The molecule has 0 fully saturated rings. The van der Waals surface area contributed by atoms with Gasteiger partial charge in [0.1, 0.15) is 0 Å². The second-order valence-corrected chi connectivity index (χ2v) is 3.41. The average Bonchev–Trinajstić information content (AvgIpc) is 2.35. The third kappa shape index (κ3) is 2.31. The van der Waals surface area contributed by atoms with E-state index >= 15 is 0 Å². The summed E-state index contributed by atoms with van der Waals surface area (Å²) in [7, 11) is 0. The van der Waals surface area contributed by atoms with Crippen LogP contribution < -0.4 is 5.32 Å². The number of carbonyl (C=O) groups excluding carboxylic acids is 1. The number of aryl methyl sites for hydroxylation is 1. The quantitative estimate of drug-likeness (QED) is 0.735. The minimum absolute atomic E-state index is 0.0133. The topological polar surface area (TPSA) is 42.0 Å². The molecule has 11 heavy (non-hydrogen) atoms. The van der Waals surface area contributed by atoms with Gasteiger partial charge in [-0.2, -0.15) is 0 Å². The van der Waals surface area contributed by atoms with Gasteiger partial charge in [-0.05, 0) is 6.92 Å². The number of aromatic nitrogens is 1. The van der Waals surface area contributed by atoms with Crippen LogP contribution in [0.15, 0.2) is 6.20 Å². The van der Waals surface area contributed by atoms with E-state index in [4.69, 9.17) is 0 Å². The molecule has 0 atom stereocenters. The Morgan fingerprint density at radius 1 is 1.82 bits per heavy atom. The highest BCUT2D eigenvalue weighted by atomic mass is 32.1. The first-order chi connectivity index (χ1) is 5.22. The molecule has 1 aromatic heterocycles. The molecule has 1 amide bonds. The number of carbonyl (C=O) groups is 1. The van der Waals surface area contributed by atoms with Crippen molar-refractivity contribution in [3.8, 4) is 0 Å². The summed E-state index contributed by atoms with van der Waals surface area (Å²) in [5.41, 5.74) is 0. The van der Waals surface area contributed by atoms with Crippen LogP contribution in [0.1, 0.15) is 18.2 Å². The fraction of sp³-hybridized carbons (Fsp3) is 0.429. The Bertz CT molecular complexity index is 257. The van der Waals surface area contributed by atoms with E-state index in [0.717, 1.165) is 4.88 Å². The minimum atomic E-state index is 0.0133.